The summed E-state index contributed by atoms with van der Waals surface area (Å²) in [4.78, 5) is 6.94. The summed E-state index contributed by atoms with van der Waals surface area (Å²) in [5.74, 6) is 2.97. The molecule has 1 N–H and O–H groups in total. The average Bonchev–Trinajstić information content (AvgIpc) is 3.19. The second-order valence-corrected chi connectivity index (χ2v) is 6.81. The number of nitrogens with one attached hydrogen (secondary N) is 1. The number of pyridine rings is 1. The van der Waals surface area contributed by atoms with Gasteiger partial charge in [0.25, 0.3) is 0 Å². The van der Waals surface area contributed by atoms with E-state index in [-0.39, 0.29) is 0 Å². The van der Waals surface area contributed by atoms with Crippen LogP contribution in [0.5, 0.6) is 0 Å². The third-order valence-electron chi connectivity index (χ3n) is 4.84. The molecular weight excluding hydrogens is 322 g/mol. The molecule has 0 saturated carbocycles. The van der Waals surface area contributed by atoms with Gasteiger partial charge in [0.05, 0.1) is 6.54 Å². The summed E-state index contributed by atoms with van der Waals surface area (Å²) in [6, 6.07) is 18.6. The Labute approximate surface area is 154 Å². The third-order valence-corrected chi connectivity index (χ3v) is 4.84. The highest BCUT2D eigenvalue weighted by atomic mass is 16.3. The Balaban J connectivity index is 1.33. The van der Waals surface area contributed by atoms with E-state index >= 15 is 0 Å². The molecule has 0 atom stereocenters. The van der Waals surface area contributed by atoms with Gasteiger partial charge in [-0.3, -0.25) is 0 Å². The van der Waals surface area contributed by atoms with Crippen molar-refractivity contribution in [3.63, 3.8) is 0 Å². The van der Waals surface area contributed by atoms with Crippen LogP contribution in [-0.2, 0) is 13.1 Å². The first-order chi connectivity index (χ1) is 12.9. The standard InChI is InChI=1S/C22H25N3O/c1-3-7-19(8-4-1)21-10-9-20(26-21)17-23-16-18-11-12-24-22(15-18)25-13-5-2-6-14-25/h1,3-4,7-12,15,23H,2,5-6,13-14,16-17H2. The predicted molar refractivity (Wildman–Crippen MR) is 105 cm³/mol. The van der Waals surface area contributed by atoms with E-state index < -0.39 is 0 Å². The molecule has 2 aromatic heterocycles. The van der Waals surface area contributed by atoms with Gasteiger partial charge in [0, 0.05) is 31.4 Å². The van der Waals surface area contributed by atoms with Crippen molar-refractivity contribution in [2.45, 2.75) is 32.4 Å². The number of hydrogen-bond donors (Lipinski definition) is 1. The maximum Gasteiger partial charge on any atom is 0.134 e. The molecule has 4 nitrogen and oxygen atoms in total. The molecule has 3 aromatic rings. The van der Waals surface area contributed by atoms with Crippen molar-refractivity contribution in [2.75, 3.05) is 18.0 Å². The van der Waals surface area contributed by atoms with Gasteiger partial charge in [0.15, 0.2) is 0 Å². The lowest BCUT2D eigenvalue weighted by atomic mass is 10.1. The van der Waals surface area contributed by atoms with Gasteiger partial charge in [0.2, 0.25) is 0 Å². The molecule has 1 aromatic carbocycles. The van der Waals surface area contributed by atoms with Gasteiger partial charge in [-0.2, -0.15) is 0 Å². The zero-order valence-corrected chi connectivity index (χ0v) is 15.0. The van der Waals surface area contributed by atoms with Gasteiger partial charge in [-0.1, -0.05) is 30.3 Å². The largest absolute Gasteiger partial charge is 0.460 e. The number of furan rings is 1. The summed E-state index contributed by atoms with van der Waals surface area (Å²) in [7, 11) is 0. The fourth-order valence-electron chi connectivity index (χ4n) is 3.43. The molecule has 0 bridgehead atoms. The molecule has 1 aliphatic heterocycles. The first-order valence-electron chi connectivity index (χ1n) is 9.43. The minimum Gasteiger partial charge on any atom is -0.460 e. The molecule has 134 valence electrons. The lowest BCUT2D eigenvalue weighted by Crippen LogP contribution is -2.30. The lowest BCUT2D eigenvalue weighted by molar-refractivity contribution is 0.493. The van der Waals surface area contributed by atoms with E-state index in [2.05, 4.69) is 39.5 Å². The Morgan fingerprint density at radius 2 is 1.77 bits per heavy atom. The molecule has 0 aliphatic carbocycles. The fourth-order valence-corrected chi connectivity index (χ4v) is 3.43. The Hall–Kier alpha value is -2.59. The molecule has 4 rings (SSSR count). The summed E-state index contributed by atoms with van der Waals surface area (Å²) in [6.45, 7) is 3.77. The first kappa shape index (κ1) is 16.9. The normalized spacial score (nSPS) is 14.5. The van der Waals surface area contributed by atoms with Gasteiger partial charge in [-0.15, -0.1) is 0 Å². The Kier molecular flexibility index (Phi) is 5.31. The van der Waals surface area contributed by atoms with Gasteiger partial charge in [-0.05, 0) is 49.1 Å². The van der Waals surface area contributed by atoms with Crippen molar-refractivity contribution >= 4 is 5.82 Å². The maximum atomic E-state index is 5.94. The molecule has 0 spiro atoms. The first-order valence-corrected chi connectivity index (χ1v) is 9.43. The van der Waals surface area contributed by atoms with Crippen LogP contribution < -0.4 is 10.2 Å². The summed E-state index contributed by atoms with van der Waals surface area (Å²) in [5.41, 5.74) is 2.37. The van der Waals surface area contributed by atoms with E-state index in [4.69, 9.17) is 4.42 Å². The van der Waals surface area contributed by atoms with E-state index in [1.807, 2.05) is 36.5 Å². The van der Waals surface area contributed by atoms with E-state index in [1.165, 1.54) is 24.8 Å². The van der Waals surface area contributed by atoms with Crippen LogP contribution in [-0.4, -0.2) is 18.1 Å². The number of benzene rings is 1. The SMILES string of the molecule is c1ccc(-c2ccc(CNCc3ccnc(N4CCCCC4)c3)o2)cc1. The minimum absolute atomic E-state index is 0.716. The fraction of sp³-hybridized carbons (Fsp3) is 0.318. The van der Waals surface area contributed by atoms with Crippen LogP contribution in [0.2, 0.25) is 0 Å². The molecule has 3 heterocycles. The molecule has 1 aliphatic rings. The molecule has 0 amide bonds. The topological polar surface area (TPSA) is 41.3 Å². The average molecular weight is 347 g/mol. The van der Waals surface area contributed by atoms with Gasteiger partial charge < -0.3 is 14.6 Å². The quantitative estimate of drug-likeness (QED) is 0.706. The van der Waals surface area contributed by atoms with E-state index in [0.29, 0.717) is 6.54 Å². The zero-order valence-electron chi connectivity index (χ0n) is 15.0. The Morgan fingerprint density at radius 1 is 0.923 bits per heavy atom. The Morgan fingerprint density at radius 3 is 2.62 bits per heavy atom. The molecule has 1 saturated heterocycles. The predicted octanol–water partition coefficient (Wildman–Crippen LogP) is 4.62. The third kappa shape index (κ3) is 4.14. The van der Waals surface area contributed by atoms with Crippen LogP contribution in [0.4, 0.5) is 5.82 Å². The van der Waals surface area contributed by atoms with Crippen molar-refractivity contribution < 1.29 is 4.42 Å². The van der Waals surface area contributed by atoms with Crippen molar-refractivity contribution in [1.29, 1.82) is 0 Å². The summed E-state index contributed by atoms with van der Waals surface area (Å²) < 4.78 is 5.94. The van der Waals surface area contributed by atoms with Crippen molar-refractivity contribution in [1.82, 2.24) is 10.3 Å². The maximum absolute atomic E-state index is 5.94. The number of nitrogens with zero attached hydrogens (tertiary/aromatic N) is 2. The van der Waals surface area contributed by atoms with Crippen LogP contribution in [0.15, 0.2) is 65.2 Å². The monoisotopic (exact) mass is 347 g/mol. The second-order valence-electron chi connectivity index (χ2n) is 6.81. The van der Waals surface area contributed by atoms with Gasteiger partial charge >= 0.3 is 0 Å². The van der Waals surface area contributed by atoms with E-state index in [0.717, 1.165) is 42.5 Å². The van der Waals surface area contributed by atoms with Crippen LogP contribution in [0.3, 0.4) is 0 Å². The number of piperidine rings is 1. The molecule has 0 radical (unpaired) electrons. The Bertz CT molecular complexity index is 822. The lowest BCUT2D eigenvalue weighted by Gasteiger charge is -2.27. The highest BCUT2D eigenvalue weighted by molar-refractivity contribution is 5.57. The number of hydrogen-bond acceptors (Lipinski definition) is 4. The van der Waals surface area contributed by atoms with Crippen molar-refractivity contribution in [3.05, 3.63) is 72.1 Å². The van der Waals surface area contributed by atoms with Crippen molar-refractivity contribution in [3.8, 4) is 11.3 Å². The van der Waals surface area contributed by atoms with Crippen LogP contribution in [0.25, 0.3) is 11.3 Å². The van der Waals surface area contributed by atoms with Crippen LogP contribution in [0, 0.1) is 0 Å². The molecular formula is C22H25N3O. The summed E-state index contributed by atoms with van der Waals surface area (Å²) >= 11 is 0. The van der Waals surface area contributed by atoms with Crippen LogP contribution >= 0.6 is 0 Å². The minimum atomic E-state index is 0.716. The molecule has 1 fully saturated rings. The molecule has 26 heavy (non-hydrogen) atoms. The van der Waals surface area contributed by atoms with Crippen LogP contribution in [0.1, 0.15) is 30.6 Å². The highest BCUT2D eigenvalue weighted by Crippen LogP contribution is 2.22. The smallest absolute Gasteiger partial charge is 0.134 e. The highest BCUT2D eigenvalue weighted by Gasteiger charge is 2.12. The summed E-state index contributed by atoms with van der Waals surface area (Å²) in [5, 5.41) is 3.47. The zero-order chi connectivity index (χ0) is 17.6. The molecule has 4 heteroatoms. The molecule has 0 unspecified atom stereocenters. The van der Waals surface area contributed by atoms with E-state index in [9.17, 15) is 0 Å². The van der Waals surface area contributed by atoms with Crippen molar-refractivity contribution in [2.24, 2.45) is 0 Å². The van der Waals surface area contributed by atoms with Gasteiger partial charge in [-0.25, -0.2) is 4.98 Å². The van der Waals surface area contributed by atoms with E-state index in [1.54, 1.807) is 0 Å². The van der Waals surface area contributed by atoms with Gasteiger partial charge in [0.1, 0.15) is 17.3 Å². The number of anilines is 1. The number of aromatic nitrogens is 1. The summed E-state index contributed by atoms with van der Waals surface area (Å²) in [6.07, 6.45) is 5.80. The second kappa shape index (κ2) is 8.19. The number of rotatable bonds is 6.